The average molecular weight is 434 g/mol. The van der Waals surface area contributed by atoms with E-state index in [1.54, 1.807) is 6.20 Å². The van der Waals surface area contributed by atoms with E-state index in [2.05, 4.69) is 37.1 Å². The van der Waals surface area contributed by atoms with Gasteiger partial charge in [0.1, 0.15) is 11.6 Å². The highest BCUT2D eigenvalue weighted by Crippen LogP contribution is 2.36. The summed E-state index contributed by atoms with van der Waals surface area (Å²) in [5, 5.41) is 3.15. The summed E-state index contributed by atoms with van der Waals surface area (Å²) in [7, 11) is 6.06. The minimum Gasteiger partial charge on any atom is -0.363 e. The van der Waals surface area contributed by atoms with Gasteiger partial charge >= 0.3 is 0 Å². The van der Waals surface area contributed by atoms with E-state index in [9.17, 15) is 4.39 Å². The van der Waals surface area contributed by atoms with E-state index in [0.717, 1.165) is 42.1 Å². The second-order valence-corrected chi connectivity index (χ2v) is 8.95. The standard InChI is InChI=1S/C24H28FN7/c1-15-11-27-24(29-23(15)16-5-8-22(26-12-16)30(2)3)28-17-6-7-21(20(25)9-17)32-14-18-10-19(32)13-31(18)4/h5-9,11-12,18-19H,10,13-14H2,1-4H3,(H,27,28,29)/t18-,19-/m0/s1. The number of nitrogens with zero attached hydrogens (tertiary/aromatic N) is 6. The molecule has 0 saturated carbocycles. The number of rotatable bonds is 5. The number of nitrogens with one attached hydrogen (secondary N) is 1. The molecule has 0 radical (unpaired) electrons. The Morgan fingerprint density at radius 3 is 2.53 bits per heavy atom. The number of likely N-dealkylation sites (N-methyl/N-ethyl adjacent to an activating group) is 1. The highest BCUT2D eigenvalue weighted by Gasteiger charge is 2.42. The molecule has 1 N–H and O–H groups in total. The topological polar surface area (TPSA) is 60.4 Å². The average Bonchev–Trinajstić information content (AvgIpc) is 3.35. The lowest BCUT2D eigenvalue weighted by Crippen LogP contribution is -2.44. The first-order valence-electron chi connectivity index (χ1n) is 10.9. The van der Waals surface area contributed by atoms with E-state index >= 15 is 0 Å². The zero-order chi connectivity index (χ0) is 22.4. The van der Waals surface area contributed by atoms with Crippen molar-refractivity contribution in [2.75, 3.05) is 49.3 Å². The van der Waals surface area contributed by atoms with Crippen LogP contribution in [0.5, 0.6) is 0 Å². The largest absolute Gasteiger partial charge is 0.363 e. The Labute approximate surface area is 187 Å². The lowest BCUT2D eigenvalue weighted by atomic mass is 10.1. The molecule has 2 atom stereocenters. The molecule has 2 fully saturated rings. The van der Waals surface area contributed by atoms with E-state index in [4.69, 9.17) is 0 Å². The monoisotopic (exact) mass is 433 g/mol. The number of fused-ring (bicyclic) bond motifs is 2. The summed E-state index contributed by atoms with van der Waals surface area (Å²) in [4.78, 5) is 20.1. The zero-order valence-corrected chi connectivity index (χ0v) is 18.9. The second kappa shape index (κ2) is 8.02. The predicted molar refractivity (Wildman–Crippen MR) is 126 cm³/mol. The van der Waals surface area contributed by atoms with Crippen LogP contribution in [0.15, 0.2) is 42.7 Å². The molecule has 1 aromatic carbocycles. The Balaban J connectivity index is 1.35. The Kier molecular flexibility index (Phi) is 5.17. The van der Waals surface area contributed by atoms with Crippen LogP contribution in [0, 0.1) is 12.7 Å². The third-order valence-corrected chi connectivity index (χ3v) is 6.48. The minimum absolute atomic E-state index is 0.221. The maximum Gasteiger partial charge on any atom is 0.227 e. The molecule has 5 rings (SSSR count). The minimum atomic E-state index is -0.221. The smallest absolute Gasteiger partial charge is 0.227 e. The van der Waals surface area contributed by atoms with Gasteiger partial charge in [0, 0.05) is 62.9 Å². The zero-order valence-electron chi connectivity index (χ0n) is 18.9. The van der Waals surface area contributed by atoms with Crippen molar-refractivity contribution in [1.82, 2.24) is 19.9 Å². The van der Waals surface area contributed by atoms with E-state index in [1.807, 2.05) is 56.4 Å². The van der Waals surface area contributed by atoms with Gasteiger partial charge in [0.2, 0.25) is 5.95 Å². The summed E-state index contributed by atoms with van der Waals surface area (Å²) in [6, 6.07) is 10.2. The van der Waals surface area contributed by atoms with Crippen molar-refractivity contribution in [1.29, 1.82) is 0 Å². The Morgan fingerprint density at radius 2 is 1.91 bits per heavy atom. The quantitative estimate of drug-likeness (QED) is 0.659. The maximum atomic E-state index is 15.0. The van der Waals surface area contributed by atoms with Crippen molar-refractivity contribution in [3.63, 3.8) is 0 Å². The van der Waals surface area contributed by atoms with Crippen LogP contribution in [0.3, 0.4) is 0 Å². The maximum absolute atomic E-state index is 15.0. The number of likely N-dealkylation sites (tertiary alicyclic amines) is 1. The number of hydrogen-bond acceptors (Lipinski definition) is 7. The number of aryl methyl sites for hydroxylation is 1. The van der Waals surface area contributed by atoms with Crippen LogP contribution in [-0.2, 0) is 0 Å². The molecule has 2 aliphatic rings. The van der Waals surface area contributed by atoms with Crippen molar-refractivity contribution < 1.29 is 4.39 Å². The molecule has 166 valence electrons. The molecule has 7 nitrogen and oxygen atoms in total. The van der Waals surface area contributed by atoms with Gasteiger partial charge in [0.25, 0.3) is 0 Å². The first-order chi connectivity index (χ1) is 15.4. The first kappa shape index (κ1) is 20.6. The molecule has 2 saturated heterocycles. The number of pyridine rings is 1. The molecule has 32 heavy (non-hydrogen) atoms. The summed E-state index contributed by atoms with van der Waals surface area (Å²) in [5.74, 6) is 1.09. The molecular formula is C24H28FN7. The van der Waals surface area contributed by atoms with Gasteiger partial charge in [-0.15, -0.1) is 0 Å². The lowest BCUT2D eigenvalue weighted by Gasteiger charge is -2.33. The lowest BCUT2D eigenvalue weighted by molar-refractivity contribution is 0.292. The normalized spacial score (nSPS) is 20.1. The van der Waals surface area contributed by atoms with Crippen molar-refractivity contribution in [3.05, 3.63) is 54.1 Å². The number of hydrogen-bond donors (Lipinski definition) is 1. The summed E-state index contributed by atoms with van der Waals surface area (Å²) >= 11 is 0. The molecule has 0 aliphatic carbocycles. The number of benzene rings is 1. The number of halogens is 1. The molecular weight excluding hydrogens is 405 g/mol. The van der Waals surface area contributed by atoms with Gasteiger partial charge in [-0.1, -0.05) is 0 Å². The van der Waals surface area contributed by atoms with E-state index < -0.39 is 0 Å². The molecule has 0 unspecified atom stereocenters. The number of piperazine rings is 1. The SMILES string of the molecule is Cc1cnc(Nc2ccc(N3C[C@@H]4C[C@H]3CN4C)c(F)c2)nc1-c1ccc(N(C)C)nc1. The van der Waals surface area contributed by atoms with E-state index in [0.29, 0.717) is 29.4 Å². The van der Waals surface area contributed by atoms with Gasteiger partial charge in [-0.2, -0.15) is 0 Å². The molecule has 8 heteroatoms. The van der Waals surface area contributed by atoms with Crippen LogP contribution < -0.4 is 15.1 Å². The molecule has 2 aromatic heterocycles. The van der Waals surface area contributed by atoms with Gasteiger partial charge in [0.05, 0.1) is 11.4 Å². The third-order valence-electron chi connectivity index (χ3n) is 6.48. The van der Waals surface area contributed by atoms with Crippen LogP contribution in [0.25, 0.3) is 11.3 Å². The molecule has 2 aliphatic heterocycles. The van der Waals surface area contributed by atoms with Gasteiger partial charge in [0.15, 0.2) is 0 Å². The highest BCUT2D eigenvalue weighted by atomic mass is 19.1. The summed E-state index contributed by atoms with van der Waals surface area (Å²) in [5.41, 5.74) is 3.96. The Hall–Kier alpha value is -3.26. The highest BCUT2D eigenvalue weighted by molar-refractivity contribution is 5.66. The Bertz CT molecular complexity index is 1130. The fraction of sp³-hybridized carbons (Fsp3) is 0.375. The third kappa shape index (κ3) is 3.75. The second-order valence-electron chi connectivity index (χ2n) is 8.95. The van der Waals surface area contributed by atoms with Crippen molar-refractivity contribution in [2.45, 2.75) is 25.4 Å². The van der Waals surface area contributed by atoms with Gasteiger partial charge < -0.3 is 15.1 Å². The van der Waals surface area contributed by atoms with Crippen molar-refractivity contribution >= 4 is 23.1 Å². The number of aromatic nitrogens is 3. The van der Waals surface area contributed by atoms with Crippen LogP contribution in [0.2, 0.25) is 0 Å². The Morgan fingerprint density at radius 1 is 1.06 bits per heavy atom. The van der Waals surface area contributed by atoms with Crippen molar-refractivity contribution in [2.24, 2.45) is 0 Å². The van der Waals surface area contributed by atoms with Gasteiger partial charge in [-0.05, 0) is 56.3 Å². The summed E-state index contributed by atoms with van der Waals surface area (Å²) in [6.45, 7) is 3.85. The van der Waals surface area contributed by atoms with E-state index in [1.165, 1.54) is 6.07 Å². The van der Waals surface area contributed by atoms with Gasteiger partial charge in [-0.25, -0.2) is 19.3 Å². The fourth-order valence-corrected chi connectivity index (χ4v) is 4.69. The van der Waals surface area contributed by atoms with Crippen molar-refractivity contribution in [3.8, 4) is 11.3 Å². The number of anilines is 4. The van der Waals surface area contributed by atoms with Gasteiger partial charge in [-0.3, -0.25) is 4.90 Å². The molecule has 2 bridgehead atoms. The molecule has 0 amide bonds. The summed E-state index contributed by atoms with van der Waals surface area (Å²) < 4.78 is 15.0. The van der Waals surface area contributed by atoms with Crippen LogP contribution in [0.1, 0.15) is 12.0 Å². The molecule has 0 spiro atoms. The van der Waals surface area contributed by atoms with E-state index in [-0.39, 0.29) is 5.82 Å². The fourth-order valence-electron chi connectivity index (χ4n) is 4.69. The van der Waals surface area contributed by atoms with Crippen LogP contribution >= 0.6 is 0 Å². The van der Waals surface area contributed by atoms with Crippen LogP contribution in [0.4, 0.5) is 27.5 Å². The first-order valence-corrected chi connectivity index (χ1v) is 10.9. The molecule has 3 aromatic rings. The predicted octanol–water partition coefficient (Wildman–Crippen LogP) is 3.69. The molecule has 4 heterocycles. The summed E-state index contributed by atoms with van der Waals surface area (Å²) in [6.07, 6.45) is 4.69. The van der Waals surface area contributed by atoms with Crippen LogP contribution in [-0.4, -0.2) is 66.2 Å².